The number of aliphatic hydroxyl groups is 1. The Morgan fingerprint density at radius 3 is 2.07 bits per heavy atom. The van der Waals surface area contributed by atoms with Gasteiger partial charge in [-0.15, -0.1) is 0 Å². The van der Waals surface area contributed by atoms with Gasteiger partial charge in [-0.25, -0.2) is 0 Å². The molecule has 0 spiro atoms. The van der Waals surface area contributed by atoms with E-state index >= 15 is 0 Å². The van der Waals surface area contributed by atoms with Crippen LogP contribution in [0.5, 0.6) is 0 Å². The predicted molar refractivity (Wildman–Crippen MR) is 65.3 cm³/mol. The van der Waals surface area contributed by atoms with Crippen LogP contribution < -0.4 is 4.90 Å². The van der Waals surface area contributed by atoms with Gasteiger partial charge in [0.05, 0.1) is 0 Å². The summed E-state index contributed by atoms with van der Waals surface area (Å²) >= 11 is 0. The molecule has 0 aliphatic carbocycles. The number of hydrogen-bond donors (Lipinski definition) is 1. The van der Waals surface area contributed by atoms with E-state index in [9.17, 15) is 5.11 Å². The van der Waals surface area contributed by atoms with Gasteiger partial charge in [0.25, 0.3) is 0 Å². The summed E-state index contributed by atoms with van der Waals surface area (Å²) in [6.45, 7) is 4.38. The molecule has 15 heavy (non-hydrogen) atoms. The van der Waals surface area contributed by atoms with Crippen LogP contribution in [0.25, 0.3) is 0 Å². The first-order valence-corrected chi connectivity index (χ1v) is 5.32. The summed E-state index contributed by atoms with van der Waals surface area (Å²) in [6, 6.07) is 8.49. The minimum Gasteiger partial charge on any atom is -0.396 e. The van der Waals surface area contributed by atoms with Crippen LogP contribution in [0.1, 0.15) is 19.4 Å². The van der Waals surface area contributed by atoms with E-state index in [-0.39, 0.29) is 12.0 Å². The Labute approximate surface area is 92.5 Å². The van der Waals surface area contributed by atoms with Crippen LogP contribution in [0.4, 0.5) is 5.69 Å². The van der Waals surface area contributed by atoms with Crippen molar-refractivity contribution in [3.63, 3.8) is 0 Å². The molecular formula is C13H21NO. The van der Waals surface area contributed by atoms with E-state index in [1.54, 1.807) is 0 Å². The first-order valence-electron chi connectivity index (χ1n) is 5.32. The molecule has 0 unspecified atom stereocenters. The molecule has 0 aliphatic rings. The zero-order chi connectivity index (χ0) is 11.5. The molecule has 0 amide bonds. The monoisotopic (exact) mass is 207 g/mol. The molecule has 0 aliphatic heterocycles. The highest BCUT2D eigenvalue weighted by molar-refractivity contribution is 5.46. The van der Waals surface area contributed by atoms with E-state index in [4.69, 9.17) is 0 Å². The van der Waals surface area contributed by atoms with Crippen LogP contribution >= 0.6 is 0 Å². The van der Waals surface area contributed by atoms with Crippen molar-refractivity contribution < 1.29 is 5.11 Å². The van der Waals surface area contributed by atoms with Gasteiger partial charge in [0.15, 0.2) is 0 Å². The summed E-state index contributed by atoms with van der Waals surface area (Å²) in [5.74, 6) is 0. The molecule has 0 saturated heterocycles. The summed E-state index contributed by atoms with van der Waals surface area (Å²) in [7, 11) is 4.07. The molecule has 2 heteroatoms. The molecule has 1 rings (SSSR count). The topological polar surface area (TPSA) is 23.5 Å². The lowest BCUT2D eigenvalue weighted by atomic mass is 9.87. The minimum absolute atomic E-state index is 0.0281. The van der Waals surface area contributed by atoms with Crippen molar-refractivity contribution in [3.05, 3.63) is 29.8 Å². The molecule has 0 atom stereocenters. The third-order valence-electron chi connectivity index (χ3n) is 2.56. The minimum atomic E-state index is -0.0281. The van der Waals surface area contributed by atoms with E-state index in [1.807, 2.05) is 14.1 Å². The molecule has 0 aromatic heterocycles. The maximum Gasteiger partial charge on any atom is 0.0485 e. The van der Waals surface area contributed by atoms with Crippen LogP contribution in [0, 0.1) is 5.41 Å². The van der Waals surface area contributed by atoms with Crippen LogP contribution in [0.15, 0.2) is 24.3 Å². The number of hydrogen-bond acceptors (Lipinski definition) is 2. The van der Waals surface area contributed by atoms with Crippen LogP contribution in [-0.4, -0.2) is 25.8 Å². The van der Waals surface area contributed by atoms with Gasteiger partial charge in [-0.3, -0.25) is 0 Å². The van der Waals surface area contributed by atoms with Crippen LogP contribution in [0.2, 0.25) is 0 Å². The lowest BCUT2D eigenvalue weighted by Gasteiger charge is -2.22. The number of anilines is 1. The molecule has 84 valence electrons. The van der Waals surface area contributed by atoms with E-state index in [1.165, 1.54) is 11.3 Å². The summed E-state index contributed by atoms with van der Waals surface area (Å²) in [5.41, 5.74) is 2.46. The van der Waals surface area contributed by atoms with E-state index in [2.05, 4.69) is 43.0 Å². The van der Waals surface area contributed by atoms with Crippen LogP contribution in [-0.2, 0) is 6.42 Å². The second-order valence-corrected chi connectivity index (χ2v) is 5.06. The van der Waals surface area contributed by atoms with Gasteiger partial charge in [0.1, 0.15) is 0 Å². The molecular weight excluding hydrogens is 186 g/mol. The van der Waals surface area contributed by atoms with Gasteiger partial charge in [0, 0.05) is 26.4 Å². The molecule has 2 nitrogen and oxygen atoms in total. The zero-order valence-corrected chi connectivity index (χ0v) is 10.1. The molecule has 1 aromatic rings. The Hall–Kier alpha value is -1.02. The van der Waals surface area contributed by atoms with Crippen molar-refractivity contribution in [2.45, 2.75) is 20.3 Å². The summed E-state index contributed by atoms with van der Waals surface area (Å²) in [5, 5.41) is 9.19. The summed E-state index contributed by atoms with van der Waals surface area (Å²) < 4.78 is 0. The van der Waals surface area contributed by atoms with Crippen molar-refractivity contribution in [2.75, 3.05) is 25.6 Å². The average Bonchev–Trinajstić information content (AvgIpc) is 2.18. The van der Waals surface area contributed by atoms with Gasteiger partial charge < -0.3 is 10.0 Å². The fraction of sp³-hybridized carbons (Fsp3) is 0.538. The fourth-order valence-electron chi connectivity index (χ4n) is 1.52. The van der Waals surface area contributed by atoms with E-state index in [0.29, 0.717) is 0 Å². The summed E-state index contributed by atoms with van der Waals surface area (Å²) in [4.78, 5) is 2.08. The predicted octanol–water partition coefficient (Wildman–Crippen LogP) is 2.31. The van der Waals surface area contributed by atoms with Crippen molar-refractivity contribution in [3.8, 4) is 0 Å². The smallest absolute Gasteiger partial charge is 0.0485 e. The van der Waals surface area contributed by atoms with Gasteiger partial charge in [-0.1, -0.05) is 26.0 Å². The van der Waals surface area contributed by atoms with Crippen molar-refractivity contribution in [1.82, 2.24) is 0 Å². The molecule has 0 fully saturated rings. The van der Waals surface area contributed by atoms with Gasteiger partial charge in [-0.05, 0) is 29.5 Å². The lowest BCUT2D eigenvalue weighted by Crippen LogP contribution is -2.19. The lowest BCUT2D eigenvalue weighted by molar-refractivity contribution is 0.159. The Balaban J connectivity index is 2.73. The first-order chi connectivity index (χ1) is 6.94. The van der Waals surface area contributed by atoms with Gasteiger partial charge in [0.2, 0.25) is 0 Å². The van der Waals surface area contributed by atoms with Crippen molar-refractivity contribution in [2.24, 2.45) is 5.41 Å². The van der Waals surface area contributed by atoms with Crippen molar-refractivity contribution >= 4 is 5.69 Å². The standard InChI is InChI=1S/C13H21NO/c1-13(2,10-15)9-11-5-7-12(8-6-11)14(3)4/h5-8,15H,9-10H2,1-4H3. The van der Waals surface area contributed by atoms with E-state index < -0.39 is 0 Å². The number of nitrogens with zero attached hydrogens (tertiary/aromatic N) is 1. The Morgan fingerprint density at radius 1 is 1.13 bits per heavy atom. The number of aliphatic hydroxyl groups excluding tert-OH is 1. The molecule has 0 bridgehead atoms. The normalized spacial score (nSPS) is 11.5. The average molecular weight is 207 g/mol. The Kier molecular flexibility index (Phi) is 3.75. The highest BCUT2D eigenvalue weighted by Crippen LogP contribution is 2.22. The Morgan fingerprint density at radius 2 is 1.67 bits per heavy atom. The van der Waals surface area contributed by atoms with Crippen molar-refractivity contribution in [1.29, 1.82) is 0 Å². The van der Waals surface area contributed by atoms with Crippen LogP contribution in [0.3, 0.4) is 0 Å². The molecule has 0 radical (unpaired) electrons. The fourth-order valence-corrected chi connectivity index (χ4v) is 1.52. The maximum absolute atomic E-state index is 9.19. The van der Waals surface area contributed by atoms with Gasteiger partial charge in [-0.2, -0.15) is 0 Å². The molecule has 0 saturated carbocycles. The highest BCUT2D eigenvalue weighted by atomic mass is 16.3. The van der Waals surface area contributed by atoms with Gasteiger partial charge >= 0.3 is 0 Å². The second kappa shape index (κ2) is 4.67. The molecule has 1 aromatic carbocycles. The summed E-state index contributed by atoms with van der Waals surface area (Å²) in [6.07, 6.45) is 0.914. The first kappa shape index (κ1) is 12.1. The number of rotatable bonds is 4. The zero-order valence-electron chi connectivity index (χ0n) is 10.1. The maximum atomic E-state index is 9.19. The SMILES string of the molecule is CN(C)c1ccc(CC(C)(C)CO)cc1. The Bertz CT molecular complexity index is 301. The number of benzene rings is 1. The quantitative estimate of drug-likeness (QED) is 0.819. The molecule has 1 N–H and O–H groups in total. The largest absolute Gasteiger partial charge is 0.396 e. The third-order valence-corrected chi connectivity index (χ3v) is 2.56. The van der Waals surface area contributed by atoms with E-state index in [0.717, 1.165) is 6.42 Å². The molecule has 0 heterocycles. The third kappa shape index (κ3) is 3.56. The highest BCUT2D eigenvalue weighted by Gasteiger charge is 2.16. The second-order valence-electron chi connectivity index (χ2n) is 5.06.